The molecule has 0 aliphatic carbocycles. The molecule has 9 heteroatoms. The first kappa shape index (κ1) is 31.9. The fourth-order valence-corrected chi connectivity index (χ4v) is 4.52. The number of amides is 4. The van der Waals surface area contributed by atoms with Crippen molar-refractivity contribution in [2.24, 2.45) is 5.92 Å². The number of benzene rings is 3. The molecule has 0 bridgehead atoms. The lowest BCUT2D eigenvalue weighted by Gasteiger charge is -2.28. The molecular weight excluding hydrogens is 532 g/mol. The van der Waals surface area contributed by atoms with Crippen LogP contribution in [0.2, 0.25) is 0 Å². The monoisotopic (exact) mass is 572 g/mol. The normalized spacial score (nSPS) is 11.4. The van der Waals surface area contributed by atoms with Crippen LogP contribution in [0.5, 0.6) is 0 Å². The van der Waals surface area contributed by atoms with Crippen LogP contribution in [0.15, 0.2) is 78.9 Å². The molecule has 0 saturated carbocycles. The number of urea groups is 1. The van der Waals surface area contributed by atoms with Gasteiger partial charge in [-0.25, -0.2) is 4.79 Å². The molecule has 42 heavy (non-hydrogen) atoms. The maximum atomic E-state index is 13.6. The summed E-state index contributed by atoms with van der Waals surface area (Å²) in [7, 11) is 0. The SMILES string of the molecule is Cc1ccccc1NC(=O)Nc1ccc(CC(=O)N[C@H](CC(C)C)C(=O)N(CCC(=O)O)CCc2ccccc2)cc1. The summed E-state index contributed by atoms with van der Waals surface area (Å²) < 4.78 is 0. The van der Waals surface area contributed by atoms with E-state index in [9.17, 15) is 24.3 Å². The van der Waals surface area contributed by atoms with Crippen LogP contribution in [0.4, 0.5) is 16.2 Å². The van der Waals surface area contributed by atoms with Gasteiger partial charge in [-0.15, -0.1) is 0 Å². The molecule has 0 aromatic heterocycles. The predicted octanol–water partition coefficient (Wildman–Crippen LogP) is 5.26. The third-order valence-corrected chi connectivity index (χ3v) is 6.73. The number of anilines is 2. The summed E-state index contributed by atoms with van der Waals surface area (Å²) in [6.45, 7) is 6.27. The Morgan fingerprint density at radius 2 is 1.48 bits per heavy atom. The van der Waals surface area contributed by atoms with Crippen LogP contribution in [-0.4, -0.2) is 53.0 Å². The highest BCUT2D eigenvalue weighted by Crippen LogP contribution is 2.16. The van der Waals surface area contributed by atoms with Gasteiger partial charge in [0.05, 0.1) is 12.8 Å². The number of para-hydroxylation sites is 1. The minimum absolute atomic E-state index is 0.0523. The van der Waals surface area contributed by atoms with Crippen LogP contribution < -0.4 is 16.0 Å². The highest BCUT2D eigenvalue weighted by molar-refractivity contribution is 6.00. The minimum atomic E-state index is -0.984. The van der Waals surface area contributed by atoms with Gasteiger partial charge in [-0.3, -0.25) is 14.4 Å². The fraction of sp³-hybridized carbons (Fsp3) is 0.333. The Morgan fingerprint density at radius 3 is 2.12 bits per heavy atom. The Bertz CT molecular complexity index is 1340. The number of nitrogens with zero attached hydrogens (tertiary/aromatic N) is 1. The summed E-state index contributed by atoms with van der Waals surface area (Å²) in [6, 6.07) is 23.0. The third kappa shape index (κ3) is 10.7. The topological polar surface area (TPSA) is 128 Å². The summed E-state index contributed by atoms with van der Waals surface area (Å²) in [5.41, 5.74) is 4.01. The Balaban J connectivity index is 1.60. The molecule has 0 fully saturated rings. The maximum Gasteiger partial charge on any atom is 0.323 e. The first-order chi connectivity index (χ1) is 20.1. The van der Waals surface area contributed by atoms with Gasteiger partial charge in [0.25, 0.3) is 0 Å². The second-order valence-electron chi connectivity index (χ2n) is 10.7. The van der Waals surface area contributed by atoms with Crippen molar-refractivity contribution in [2.75, 3.05) is 23.7 Å². The van der Waals surface area contributed by atoms with E-state index in [-0.39, 0.29) is 43.1 Å². The van der Waals surface area contributed by atoms with Gasteiger partial charge in [0.1, 0.15) is 6.04 Å². The van der Waals surface area contributed by atoms with E-state index >= 15 is 0 Å². The van der Waals surface area contributed by atoms with Crippen molar-refractivity contribution in [1.29, 1.82) is 0 Å². The van der Waals surface area contributed by atoms with E-state index in [1.54, 1.807) is 24.3 Å². The fourth-order valence-electron chi connectivity index (χ4n) is 4.52. The molecule has 222 valence electrons. The average molecular weight is 573 g/mol. The molecular formula is C33H40N4O5. The first-order valence-corrected chi connectivity index (χ1v) is 14.2. The highest BCUT2D eigenvalue weighted by atomic mass is 16.4. The molecule has 4 N–H and O–H groups in total. The number of aryl methyl sites for hydroxylation is 1. The lowest BCUT2D eigenvalue weighted by molar-refractivity contribution is -0.140. The molecule has 1 atom stereocenters. The van der Waals surface area contributed by atoms with Crippen molar-refractivity contribution >= 4 is 35.2 Å². The number of carboxylic acid groups (broad SMARTS) is 1. The zero-order valence-corrected chi connectivity index (χ0v) is 24.4. The van der Waals surface area contributed by atoms with E-state index in [0.29, 0.717) is 25.1 Å². The van der Waals surface area contributed by atoms with Crippen molar-refractivity contribution in [3.8, 4) is 0 Å². The average Bonchev–Trinajstić information content (AvgIpc) is 2.95. The highest BCUT2D eigenvalue weighted by Gasteiger charge is 2.27. The summed E-state index contributed by atoms with van der Waals surface area (Å²) >= 11 is 0. The van der Waals surface area contributed by atoms with E-state index < -0.39 is 12.0 Å². The van der Waals surface area contributed by atoms with Gasteiger partial charge in [0.2, 0.25) is 11.8 Å². The number of carbonyl (C=O) groups excluding carboxylic acids is 3. The van der Waals surface area contributed by atoms with E-state index in [4.69, 9.17) is 0 Å². The van der Waals surface area contributed by atoms with E-state index in [2.05, 4.69) is 16.0 Å². The van der Waals surface area contributed by atoms with Crippen LogP contribution >= 0.6 is 0 Å². The summed E-state index contributed by atoms with van der Waals surface area (Å²) in [5, 5.41) is 17.7. The molecule has 0 heterocycles. The molecule has 3 aromatic carbocycles. The number of rotatable bonds is 14. The van der Waals surface area contributed by atoms with Crippen LogP contribution in [-0.2, 0) is 27.2 Å². The third-order valence-electron chi connectivity index (χ3n) is 6.73. The van der Waals surface area contributed by atoms with Crippen molar-refractivity contribution in [3.63, 3.8) is 0 Å². The number of carbonyl (C=O) groups is 4. The molecule has 4 amide bonds. The van der Waals surface area contributed by atoms with Crippen molar-refractivity contribution < 1.29 is 24.3 Å². The van der Waals surface area contributed by atoms with Gasteiger partial charge in [0, 0.05) is 24.5 Å². The second-order valence-corrected chi connectivity index (χ2v) is 10.7. The zero-order chi connectivity index (χ0) is 30.5. The molecule has 0 unspecified atom stereocenters. The van der Waals surface area contributed by atoms with Gasteiger partial charge in [0.15, 0.2) is 0 Å². The van der Waals surface area contributed by atoms with Crippen molar-refractivity contribution in [2.45, 2.75) is 52.5 Å². The standard InChI is InChI=1S/C33H40N4O5/c1-23(2)21-29(32(41)37(20-18-31(39)40)19-17-25-10-5-4-6-11-25)35-30(38)22-26-13-15-27(16-14-26)34-33(42)36-28-12-8-7-9-24(28)3/h4-16,23,29H,17-22H2,1-3H3,(H,35,38)(H,39,40)(H2,34,36,42)/t29-/m1/s1. The predicted molar refractivity (Wildman–Crippen MR) is 164 cm³/mol. The number of carboxylic acids is 1. The van der Waals surface area contributed by atoms with Gasteiger partial charge < -0.3 is 26.0 Å². The summed E-state index contributed by atoms with van der Waals surface area (Å²) in [4.78, 5) is 51.8. The molecule has 0 aliphatic heterocycles. The molecule has 3 rings (SSSR count). The molecule has 0 aliphatic rings. The number of hydrogen-bond donors (Lipinski definition) is 4. The van der Waals surface area contributed by atoms with Crippen molar-refractivity contribution in [1.82, 2.24) is 10.2 Å². The van der Waals surface area contributed by atoms with Gasteiger partial charge in [-0.05, 0) is 60.6 Å². The number of hydrogen-bond acceptors (Lipinski definition) is 4. The first-order valence-electron chi connectivity index (χ1n) is 14.2. The number of aliphatic carboxylic acids is 1. The van der Waals surface area contributed by atoms with Crippen molar-refractivity contribution in [3.05, 3.63) is 95.6 Å². The molecule has 0 saturated heterocycles. The Morgan fingerprint density at radius 1 is 0.810 bits per heavy atom. The van der Waals surface area contributed by atoms with Crippen LogP contribution in [0.3, 0.4) is 0 Å². The lowest BCUT2D eigenvalue weighted by atomic mass is 10.0. The van der Waals surface area contributed by atoms with E-state index in [1.807, 2.05) is 75.4 Å². The Kier molecular flexibility index (Phi) is 12.1. The Hall–Kier alpha value is -4.66. The maximum absolute atomic E-state index is 13.6. The Labute approximate surface area is 247 Å². The lowest BCUT2D eigenvalue weighted by Crippen LogP contribution is -2.50. The van der Waals surface area contributed by atoms with Crippen LogP contribution in [0.1, 0.15) is 43.4 Å². The van der Waals surface area contributed by atoms with Crippen LogP contribution in [0, 0.1) is 12.8 Å². The largest absolute Gasteiger partial charge is 0.481 e. The minimum Gasteiger partial charge on any atom is -0.481 e. The zero-order valence-electron chi connectivity index (χ0n) is 24.4. The summed E-state index contributed by atoms with van der Waals surface area (Å²) in [6.07, 6.45) is 0.888. The van der Waals surface area contributed by atoms with Gasteiger partial charge >= 0.3 is 12.0 Å². The smallest absolute Gasteiger partial charge is 0.323 e. The van der Waals surface area contributed by atoms with Gasteiger partial charge in [-0.1, -0.05) is 74.5 Å². The molecule has 3 aromatic rings. The number of nitrogens with one attached hydrogen (secondary N) is 3. The van der Waals surface area contributed by atoms with Crippen LogP contribution in [0.25, 0.3) is 0 Å². The molecule has 0 radical (unpaired) electrons. The van der Waals surface area contributed by atoms with E-state index in [0.717, 1.165) is 22.4 Å². The summed E-state index contributed by atoms with van der Waals surface area (Å²) in [5.74, 6) is -1.45. The van der Waals surface area contributed by atoms with E-state index in [1.165, 1.54) is 4.90 Å². The molecule has 0 spiro atoms. The second kappa shape index (κ2) is 16.0. The van der Waals surface area contributed by atoms with Gasteiger partial charge in [-0.2, -0.15) is 0 Å². The molecule has 9 nitrogen and oxygen atoms in total. The quantitative estimate of drug-likeness (QED) is 0.210.